The number of benzene rings is 2. The number of aromatic hydroxyl groups is 1. The van der Waals surface area contributed by atoms with Crippen LogP contribution in [0.1, 0.15) is 23.6 Å². The predicted molar refractivity (Wildman–Crippen MR) is 93.3 cm³/mol. The third-order valence-electron chi connectivity index (χ3n) is 4.48. The molecule has 1 aliphatic rings. The van der Waals surface area contributed by atoms with Crippen LogP contribution in [0.5, 0.6) is 11.5 Å². The van der Waals surface area contributed by atoms with E-state index in [-0.39, 0.29) is 29.8 Å². The van der Waals surface area contributed by atoms with Crippen LogP contribution in [0.15, 0.2) is 48.8 Å². The van der Waals surface area contributed by atoms with E-state index in [2.05, 4.69) is 10.3 Å². The molecule has 7 heteroatoms. The first kappa shape index (κ1) is 16.1. The molecular weight excluding hydrogens is 337 g/mol. The normalized spacial score (nSPS) is 16.1. The highest BCUT2D eigenvalue weighted by Crippen LogP contribution is 2.39. The summed E-state index contributed by atoms with van der Waals surface area (Å²) in [6.07, 6.45) is 1.82. The van der Waals surface area contributed by atoms with Gasteiger partial charge in [0.1, 0.15) is 18.0 Å². The number of amides is 1. The van der Waals surface area contributed by atoms with Crippen molar-refractivity contribution in [2.24, 2.45) is 0 Å². The molecule has 0 saturated heterocycles. The molecule has 2 N–H and O–H groups in total. The van der Waals surface area contributed by atoms with E-state index in [0.717, 1.165) is 5.56 Å². The van der Waals surface area contributed by atoms with Gasteiger partial charge in [-0.1, -0.05) is 6.07 Å². The first-order valence-electron chi connectivity index (χ1n) is 8.06. The van der Waals surface area contributed by atoms with Crippen molar-refractivity contribution in [3.8, 4) is 17.2 Å². The number of methoxy groups -OCH3 is 1. The van der Waals surface area contributed by atoms with Gasteiger partial charge in [-0.3, -0.25) is 9.36 Å². The van der Waals surface area contributed by atoms with Crippen LogP contribution >= 0.6 is 0 Å². The van der Waals surface area contributed by atoms with Crippen molar-refractivity contribution in [3.63, 3.8) is 0 Å². The largest absolute Gasteiger partial charge is 0.504 e. The van der Waals surface area contributed by atoms with Gasteiger partial charge in [-0.05, 0) is 42.0 Å². The van der Waals surface area contributed by atoms with Gasteiger partial charge in [0.05, 0.1) is 12.8 Å². The number of aromatic nitrogens is 2. The van der Waals surface area contributed by atoms with E-state index in [1.165, 1.54) is 19.2 Å². The highest BCUT2D eigenvalue weighted by molar-refractivity contribution is 5.94. The first-order chi connectivity index (χ1) is 12.6. The van der Waals surface area contributed by atoms with Crippen molar-refractivity contribution in [2.75, 3.05) is 12.4 Å². The van der Waals surface area contributed by atoms with Gasteiger partial charge < -0.3 is 15.2 Å². The summed E-state index contributed by atoms with van der Waals surface area (Å²) in [7, 11) is 1.48. The molecule has 6 nitrogen and oxygen atoms in total. The number of hydrogen-bond donors (Lipinski definition) is 2. The second-order valence-corrected chi connectivity index (χ2v) is 6.06. The van der Waals surface area contributed by atoms with Gasteiger partial charge >= 0.3 is 0 Å². The zero-order chi connectivity index (χ0) is 18.3. The molecule has 1 aliphatic heterocycles. The Morgan fingerprint density at radius 3 is 2.73 bits per heavy atom. The molecule has 26 heavy (non-hydrogen) atoms. The Hall–Kier alpha value is -3.35. The molecule has 2 heterocycles. The Balaban J connectivity index is 1.78. The Labute approximate surface area is 148 Å². The summed E-state index contributed by atoms with van der Waals surface area (Å²) < 4.78 is 20.0. The molecule has 0 spiro atoms. The predicted octanol–water partition coefficient (Wildman–Crippen LogP) is 3.20. The number of carbonyl (C=O) groups is 1. The van der Waals surface area contributed by atoms with E-state index >= 15 is 0 Å². The van der Waals surface area contributed by atoms with Gasteiger partial charge in [0, 0.05) is 18.0 Å². The Kier molecular flexibility index (Phi) is 3.84. The number of ether oxygens (including phenoxy) is 1. The molecule has 0 saturated carbocycles. The number of carbonyl (C=O) groups excluding carboxylic acids is 1. The van der Waals surface area contributed by atoms with Crippen molar-refractivity contribution in [2.45, 2.75) is 12.3 Å². The molecule has 0 aliphatic carbocycles. The maximum Gasteiger partial charge on any atom is 0.226 e. The number of halogens is 1. The first-order valence-corrected chi connectivity index (χ1v) is 8.06. The van der Waals surface area contributed by atoms with Gasteiger partial charge in [-0.2, -0.15) is 0 Å². The smallest absolute Gasteiger partial charge is 0.226 e. The van der Waals surface area contributed by atoms with Crippen molar-refractivity contribution in [1.82, 2.24) is 9.55 Å². The molecular formula is C19H16FN3O3. The monoisotopic (exact) mass is 353 g/mol. The van der Waals surface area contributed by atoms with Crippen LogP contribution in [0.25, 0.3) is 5.69 Å². The summed E-state index contributed by atoms with van der Waals surface area (Å²) in [5.74, 6) is 0.145. The van der Waals surface area contributed by atoms with Crippen LogP contribution in [0.2, 0.25) is 0 Å². The highest BCUT2D eigenvalue weighted by Gasteiger charge is 2.31. The Morgan fingerprint density at radius 2 is 2.04 bits per heavy atom. The van der Waals surface area contributed by atoms with Crippen LogP contribution in [0.4, 0.5) is 10.2 Å². The van der Waals surface area contributed by atoms with E-state index in [0.29, 0.717) is 22.9 Å². The third-order valence-corrected chi connectivity index (χ3v) is 4.48. The number of nitrogens with zero attached hydrogens (tertiary/aromatic N) is 2. The van der Waals surface area contributed by atoms with Crippen LogP contribution in [-0.2, 0) is 4.79 Å². The number of hydrogen-bond acceptors (Lipinski definition) is 4. The molecule has 1 atom stereocenters. The highest BCUT2D eigenvalue weighted by atomic mass is 19.1. The van der Waals surface area contributed by atoms with Crippen molar-refractivity contribution >= 4 is 11.7 Å². The lowest BCUT2D eigenvalue weighted by molar-refractivity contribution is -0.116. The molecule has 0 bridgehead atoms. The fraction of sp³-hybridized carbons (Fsp3) is 0.158. The van der Waals surface area contributed by atoms with Crippen molar-refractivity contribution in [1.29, 1.82) is 0 Å². The molecule has 0 radical (unpaired) electrons. The minimum Gasteiger partial charge on any atom is -0.504 e. The van der Waals surface area contributed by atoms with E-state index in [1.807, 2.05) is 6.07 Å². The molecule has 0 unspecified atom stereocenters. The number of imidazole rings is 1. The topological polar surface area (TPSA) is 76.4 Å². The molecule has 0 fully saturated rings. The lowest BCUT2D eigenvalue weighted by atomic mass is 9.89. The van der Waals surface area contributed by atoms with E-state index < -0.39 is 0 Å². The standard InChI is InChI=1S/C19H16FN3O3/c1-26-16-7-2-11(8-15(16)24)14-9-17(25)22-19-18(14)21-10-23(19)13-5-3-12(20)4-6-13/h2-8,10,14,24H,9H2,1H3,(H,22,25)/t14-/m1/s1. The maximum absolute atomic E-state index is 13.2. The maximum atomic E-state index is 13.2. The number of fused-ring (bicyclic) bond motifs is 1. The summed E-state index contributed by atoms with van der Waals surface area (Å²) >= 11 is 0. The van der Waals surface area contributed by atoms with E-state index in [1.54, 1.807) is 35.2 Å². The minimum absolute atomic E-state index is 0.00972. The number of anilines is 1. The van der Waals surface area contributed by atoms with Crippen LogP contribution in [-0.4, -0.2) is 27.7 Å². The summed E-state index contributed by atoms with van der Waals surface area (Å²) in [5.41, 5.74) is 2.15. The van der Waals surface area contributed by atoms with Crippen molar-refractivity contribution in [3.05, 3.63) is 65.9 Å². The summed E-state index contributed by atoms with van der Waals surface area (Å²) in [6.45, 7) is 0. The lowest BCUT2D eigenvalue weighted by Crippen LogP contribution is -2.24. The summed E-state index contributed by atoms with van der Waals surface area (Å²) in [4.78, 5) is 16.7. The summed E-state index contributed by atoms with van der Waals surface area (Å²) in [6, 6.07) is 11.0. The van der Waals surface area contributed by atoms with Gasteiger partial charge in [-0.25, -0.2) is 9.37 Å². The zero-order valence-corrected chi connectivity index (χ0v) is 13.9. The third kappa shape index (κ3) is 2.67. The number of nitrogens with one attached hydrogen (secondary N) is 1. The van der Waals surface area contributed by atoms with Crippen LogP contribution in [0, 0.1) is 5.82 Å². The Bertz CT molecular complexity index is 982. The molecule has 1 aromatic heterocycles. The molecule has 1 amide bonds. The second kappa shape index (κ2) is 6.18. The van der Waals surface area contributed by atoms with E-state index in [4.69, 9.17) is 4.74 Å². The fourth-order valence-corrected chi connectivity index (χ4v) is 3.20. The average Bonchev–Trinajstić information content (AvgIpc) is 3.05. The SMILES string of the molecule is COc1ccc([C@H]2CC(=O)Nc3c2ncn3-c2ccc(F)cc2)cc1O. The van der Waals surface area contributed by atoms with Gasteiger partial charge in [0.2, 0.25) is 5.91 Å². The van der Waals surface area contributed by atoms with E-state index in [9.17, 15) is 14.3 Å². The van der Waals surface area contributed by atoms with Gasteiger partial charge in [0.25, 0.3) is 0 Å². The second-order valence-electron chi connectivity index (χ2n) is 6.06. The van der Waals surface area contributed by atoms with Gasteiger partial charge in [0.15, 0.2) is 11.5 Å². The lowest BCUT2D eigenvalue weighted by Gasteiger charge is -2.23. The summed E-state index contributed by atoms with van der Waals surface area (Å²) in [5, 5.41) is 12.9. The fourth-order valence-electron chi connectivity index (χ4n) is 3.20. The Morgan fingerprint density at radius 1 is 1.27 bits per heavy atom. The molecule has 2 aromatic carbocycles. The minimum atomic E-state index is -0.335. The zero-order valence-electron chi connectivity index (χ0n) is 13.9. The van der Waals surface area contributed by atoms with Crippen LogP contribution in [0.3, 0.4) is 0 Å². The number of rotatable bonds is 3. The van der Waals surface area contributed by atoms with Crippen molar-refractivity contribution < 1.29 is 19.0 Å². The molecule has 3 aromatic rings. The quantitative estimate of drug-likeness (QED) is 0.758. The average molecular weight is 353 g/mol. The molecule has 132 valence electrons. The number of phenolic OH excluding ortho intramolecular Hbond substituents is 1. The van der Waals surface area contributed by atoms with Crippen LogP contribution < -0.4 is 10.1 Å². The number of phenols is 1. The van der Waals surface area contributed by atoms with Gasteiger partial charge in [-0.15, -0.1) is 0 Å². The molecule has 4 rings (SSSR count).